The van der Waals surface area contributed by atoms with E-state index in [-0.39, 0.29) is 12.0 Å². The Labute approximate surface area is 111 Å². The van der Waals surface area contributed by atoms with E-state index in [0.29, 0.717) is 28.8 Å². The fourth-order valence-corrected chi connectivity index (χ4v) is 1.93. The van der Waals surface area contributed by atoms with Crippen molar-refractivity contribution in [3.63, 3.8) is 0 Å². The summed E-state index contributed by atoms with van der Waals surface area (Å²) < 4.78 is 4.96. The average molecular weight is 276 g/mol. The lowest BCUT2D eigenvalue weighted by Gasteiger charge is -2.17. The minimum absolute atomic E-state index is 0.272. The van der Waals surface area contributed by atoms with Crippen LogP contribution in [0.4, 0.5) is 5.69 Å². The first-order valence-electron chi connectivity index (χ1n) is 5.46. The van der Waals surface area contributed by atoms with Crippen LogP contribution in [0.15, 0.2) is 18.2 Å². The highest BCUT2D eigenvalue weighted by Gasteiger charge is 2.17. The van der Waals surface area contributed by atoms with Crippen molar-refractivity contribution in [2.75, 3.05) is 11.9 Å². The van der Waals surface area contributed by atoms with Gasteiger partial charge < -0.3 is 10.1 Å². The molecule has 0 saturated carbocycles. The number of anilines is 1. The first-order valence-corrected chi connectivity index (χ1v) is 6.21. The van der Waals surface area contributed by atoms with Crippen LogP contribution in [-0.2, 0) is 9.53 Å². The highest BCUT2D eigenvalue weighted by molar-refractivity contribution is 6.35. The third-order valence-electron chi connectivity index (χ3n) is 2.18. The number of hydrogen-bond acceptors (Lipinski definition) is 3. The number of ether oxygens (including phenoxy) is 1. The highest BCUT2D eigenvalue weighted by Crippen LogP contribution is 2.23. The molecule has 0 heterocycles. The van der Waals surface area contributed by atoms with Crippen LogP contribution in [-0.4, -0.2) is 18.6 Å². The number of carbonyl (C=O) groups excluding carboxylic acids is 1. The lowest BCUT2D eigenvalue weighted by molar-refractivity contribution is -0.144. The molecule has 0 bridgehead atoms. The highest BCUT2D eigenvalue weighted by atomic mass is 35.5. The molecule has 0 radical (unpaired) electrons. The molecule has 1 atom stereocenters. The molecule has 94 valence electrons. The van der Waals surface area contributed by atoms with E-state index in [1.807, 2.05) is 6.92 Å². The topological polar surface area (TPSA) is 38.3 Å². The van der Waals surface area contributed by atoms with Gasteiger partial charge in [-0.05, 0) is 31.5 Å². The van der Waals surface area contributed by atoms with E-state index in [1.54, 1.807) is 25.1 Å². The minimum atomic E-state index is -0.385. The maximum atomic E-state index is 11.6. The van der Waals surface area contributed by atoms with Crippen molar-refractivity contribution in [2.24, 2.45) is 0 Å². The van der Waals surface area contributed by atoms with E-state index >= 15 is 0 Å². The largest absolute Gasteiger partial charge is 0.464 e. The number of hydrogen-bond donors (Lipinski definition) is 1. The molecular weight excluding hydrogens is 261 g/mol. The normalized spacial score (nSPS) is 12.0. The van der Waals surface area contributed by atoms with Gasteiger partial charge in [0.15, 0.2) is 0 Å². The second-order valence-electron chi connectivity index (χ2n) is 3.52. The lowest BCUT2D eigenvalue weighted by Crippen LogP contribution is -2.30. The van der Waals surface area contributed by atoms with Crippen molar-refractivity contribution >= 4 is 34.9 Å². The average Bonchev–Trinajstić information content (AvgIpc) is 2.24. The van der Waals surface area contributed by atoms with Gasteiger partial charge in [-0.15, -0.1) is 0 Å². The Kier molecular flexibility index (Phi) is 5.59. The van der Waals surface area contributed by atoms with Crippen molar-refractivity contribution < 1.29 is 9.53 Å². The molecule has 1 aromatic rings. The first-order chi connectivity index (χ1) is 8.06. The molecule has 0 aliphatic carbocycles. The van der Waals surface area contributed by atoms with E-state index in [2.05, 4.69) is 5.32 Å². The third kappa shape index (κ3) is 4.44. The predicted octanol–water partition coefficient (Wildman–Crippen LogP) is 3.75. The molecule has 1 aromatic carbocycles. The molecule has 0 spiro atoms. The fraction of sp³-hybridized carbons (Fsp3) is 0.417. The van der Waals surface area contributed by atoms with Gasteiger partial charge in [-0.25, -0.2) is 4.79 Å². The molecule has 0 aromatic heterocycles. The SMILES string of the molecule is CCOC(=O)C(CC)Nc1cc(Cl)cc(Cl)c1. The summed E-state index contributed by atoms with van der Waals surface area (Å²) >= 11 is 11.8. The van der Waals surface area contributed by atoms with E-state index in [0.717, 1.165) is 0 Å². The molecule has 0 aliphatic heterocycles. The molecule has 5 heteroatoms. The Bertz CT molecular complexity index is 376. The number of halogens is 2. The van der Waals surface area contributed by atoms with Crippen LogP contribution in [0, 0.1) is 0 Å². The fourth-order valence-electron chi connectivity index (χ4n) is 1.41. The number of nitrogens with one attached hydrogen (secondary N) is 1. The molecule has 0 aliphatic rings. The second-order valence-corrected chi connectivity index (χ2v) is 4.39. The molecule has 1 N–H and O–H groups in total. The van der Waals surface area contributed by atoms with E-state index in [9.17, 15) is 4.79 Å². The number of benzene rings is 1. The summed E-state index contributed by atoms with van der Waals surface area (Å²) in [5.41, 5.74) is 0.711. The van der Waals surface area contributed by atoms with Crippen LogP contribution in [0.5, 0.6) is 0 Å². The van der Waals surface area contributed by atoms with Crippen LogP contribution in [0.25, 0.3) is 0 Å². The molecule has 3 nitrogen and oxygen atoms in total. The van der Waals surface area contributed by atoms with Crippen molar-refractivity contribution in [1.29, 1.82) is 0 Å². The van der Waals surface area contributed by atoms with E-state index in [1.165, 1.54) is 0 Å². The molecule has 0 amide bonds. The zero-order chi connectivity index (χ0) is 12.8. The summed E-state index contributed by atoms with van der Waals surface area (Å²) in [5, 5.41) is 4.10. The Morgan fingerprint density at radius 1 is 1.29 bits per heavy atom. The van der Waals surface area contributed by atoms with Gasteiger partial charge >= 0.3 is 5.97 Å². The van der Waals surface area contributed by atoms with Gasteiger partial charge in [-0.2, -0.15) is 0 Å². The van der Waals surface area contributed by atoms with E-state index in [4.69, 9.17) is 27.9 Å². The minimum Gasteiger partial charge on any atom is -0.464 e. The first kappa shape index (κ1) is 14.1. The van der Waals surface area contributed by atoms with Gasteiger partial charge in [0.1, 0.15) is 6.04 Å². The zero-order valence-corrected chi connectivity index (χ0v) is 11.3. The summed E-state index contributed by atoms with van der Waals surface area (Å²) in [6, 6.07) is 4.69. The predicted molar refractivity (Wildman–Crippen MR) is 70.8 cm³/mol. The van der Waals surface area contributed by atoms with Crippen molar-refractivity contribution in [3.05, 3.63) is 28.2 Å². The summed E-state index contributed by atoms with van der Waals surface area (Å²) in [5.74, 6) is -0.272. The van der Waals surface area contributed by atoms with Crippen LogP contribution < -0.4 is 5.32 Å². The molecule has 17 heavy (non-hydrogen) atoms. The summed E-state index contributed by atoms with van der Waals surface area (Å²) in [6.07, 6.45) is 0.628. The molecule has 1 unspecified atom stereocenters. The Hall–Kier alpha value is -0.930. The van der Waals surface area contributed by atoms with Gasteiger partial charge in [0.25, 0.3) is 0 Å². The van der Waals surface area contributed by atoms with Crippen LogP contribution in [0.2, 0.25) is 10.0 Å². The standard InChI is InChI=1S/C12H15Cl2NO2/c1-3-11(12(16)17-4-2)15-10-6-8(13)5-9(14)7-10/h5-7,11,15H,3-4H2,1-2H3. The number of esters is 1. The summed E-state index contributed by atoms with van der Waals surface area (Å²) in [7, 11) is 0. The Balaban J connectivity index is 2.76. The molecule has 0 fully saturated rings. The third-order valence-corrected chi connectivity index (χ3v) is 2.62. The Morgan fingerprint density at radius 3 is 2.35 bits per heavy atom. The van der Waals surface area contributed by atoms with Gasteiger partial charge in [0.05, 0.1) is 6.61 Å². The van der Waals surface area contributed by atoms with Crippen molar-refractivity contribution in [1.82, 2.24) is 0 Å². The van der Waals surface area contributed by atoms with Crippen molar-refractivity contribution in [3.8, 4) is 0 Å². The van der Waals surface area contributed by atoms with Gasteiger partial charge in [-0.3, -0.25) is 0 Å². The smallest absolute Gasteiger partial charge is 0.328 e. The van der Waals surface area contributed by atoms with E-state index < -0.39 is 0 Å². The van der Waals surface area contributed by atoms with Crippen LogP contribution >= 0.6 is 23.2 Å². The lowest BCUT2D eigenvalue weighted by atomic mass is 10.2. The maximum Gasteiger partial charge on any atom is 0.328 e. The summed E-state index contributed by atoms with van der Waals surface area (Å²) in [4.78, 5) is 11.6. The van der Waals surface area contributed by atoms with Crippen LogP contribution in [0.3, 0.4) is 0 Å². The van der Waals surface area contributed by atoms with Gasteiger partial charge in [0, 0.05) is 15.7 Å². The quantitative estimate of drug-likeness (QED) is 0.832. The monoisotopic (exact) mass is 275 g/mol. The Morgan fingerprint density at radius 2 is 1.88 bits per heavy atom. The second kappa shape index (κ2) is 6.72. The number of rotatable bonds is 5. The summed E-state index contributed by atoms with van der Waals surface area (Å²) in [6.45, 7) is 4.05. The number of carbonyl (C=O) groups is 1. The molecule has 1 rings (SSSR count). The van der Waals surface area contributed by atoms with Crippen molar-refractivity contribution in [2.45, 2.75) is 26.3 Å². The van der Waals surface area contributed by atoms with Gasteiger partial charge in [0.2, 0.25) is 0 Å². The van der Waals surface area contributed by atoms with Gasteiger partial charge in [-0.1, -0.05) is 30.1 Å². The maximum absolute atomic E-state index is 11.6. The zero-order valence-electron chi connectivity index (χ0n) is 9.80. The van der Waals surface area contributed by atoms with Crippen LogP contribution in [0.1, 0.15) is 20.3 Å². The molecule has 0 saturated heterocycles. The molecular formula is C12H15Cl2NO2.